The van der Waals surface area contributed by atoms with Crippen LogP contribution in [0.4, 0.5) is 0 Å². The van der Waals surface area contributed by atoms with Crippen molar-refractivity contribution in [2.75, 3.05) is 13.2 Å². The van der Waals surface area contributed by atoms with E-state index in [-0.39, 0.29) is 19.6 Å². The molecule has 0 bridgehead atoms. The second kappa shape index (κ2) is 7.32. The lowest BCUT2D eigenvalue weighted by Gasteiger charge is -2.09. The molecule has 0 amide bonds. The van der Waals surface area contributed by atoms with Gasteiger partial charge in [0, 0.05) is 7.79 Å². The van der Waals surface area contributed by atoms with E-state index in [1.807, 2.05) is 0 Å². The summed E-state index contributed by atoms with van der Waals surface area (Å²) < 4.78 is 16.7. The van der Waals surface area contributed by atoms with Gasteiger partial charge in [0.05, 0.1) is 13.2 Å². The lowest BCUT2D eigenvalue weighted by Crippen LogP contribution is -2.32. The first-order valence-corrected chi connectivity index (χ1v) is 4.53. The van der Waals surface area contributed by atoms with Crippen molar-refractivity contribution >= 4 is 11.9 Å². The van der Waals surface area contributed by atoms with Gasteiger partial charge in [0.2, 0.25) is 0 Å². The van der Waals surface area contributed by atoms with E-state index in [0.29, 0.717) is 0 Å². The fourth-order valence-corrected chi connectivity index (χ4v) is 0.778. The molecule has 0 aliphatic heterocycles. The van der Waals surface area contributed by atoms with Crippen LogP contribution in [-0.2, 0) is 19.1 Å². The van der Waals surface area contributed by atoms with E-state index >= 15 is 0 Å². The van der Waals surface area contributed by atoms with E-state index in [1.165, 1.54) is 0 Å². The summed E-state index contributed by atoms with van der Waals surface area (Å²) in [6.07, 6.45) is -1.23. The van der Waals surface area contributed by atoms with Crippen molar-refractivity contribution < 1.29 is 20.4 Å². The van der Waals surface area contributed by atoms with Crippen LogP contribution in [0.5, 0.6) is 0 Å². The van der Waals surface area contributed by atoms with Crippen LogP contribution in [0.25, 0.3) is 0 Å². The SMILES string of the molecule is [2H]C(CC(=O)OCC)C(N)C(=O)OCC. The lowest BCUT2D eigenvalue weighted by atomic mass is 10.2. The highest BCUT2D eigenvalue weighted by atomic mass is 16.5. The Morgan fingerprint density at radius 2 is 1.93 bits per heavy atom. The molecule has 0 heterocycles. The fraction of sp³-hybridized carbons (Fsp3) is 0.778. The Morgan fingerprint density at radius 1 is 1.36 bits per heavy atom. The van der Waals surface area contributed by atoms with Crippen LogP contribution in [-0.4, -0.2) is 31.2 Å². The van der Waals surface area contributed by atoms with Crippen LogP contribution >= 0.6 is 0 Å². The van der Waals surface area contributed by atoms with Gasteiger partial charge in [-0.3, -0.25) is 9.59 Å². The molecule has 0 aromatic carbocycles. The highest BCUT2D eigenvalue weighted by molar-refractivity contribution is 5.77. The molecular formula is C9H17NO4. The topological polar surface area (TPSA) is 78.6 Å². The molecular weight excluding hydrogens is 186 g/mol. The molecule has 2 unspecified atom stereocenters. The molecule has 0 radical (unpaired) electrons. The third-order valence-corrected chi connectivity index (χ3v) is 1.40. The minimum Gasteiger partial charge on any atom is -0.466 e. The molecule has 14 heavy (non-hydrogen) atoms. The van der Waals surface area contributed by atoms with Gasteiger partial charge in [-0.2, -0.15) is 0 Å². The van der Waals surface area contributed by atoms with Crippen molar-refractivity contribution in [2.45, 2.75) is 32.7 Å². The predicted molar refractivity (Wildman–Crippen MR) is 50.5 cm³/mol. The monoisotopic (exact) mass is 204 g/mol. The van der Waals surface area contributed by atoms with Gasteiger partial charge in [-0.15, -0.1) is 0 Å². The Hall–Kier alpha value is -1.10. The van der Waals surface area contributed by atoms with Crippen LogP contribution in [0, 0.1) is 0 Å². The molecule has 0 aromatic rings. The summed E-state index contributed by atoms with van der Waals surface area (Å²) in [6.45, 7) is 3.77. The molecule has 0 saturated heterocycles. The van der Waals surface area contributed by atoms with E-state index in [4.69, 9.17) is 7.10 Å². The smallest absolute Gasteiger partial charge is 0.322 e. The first kappa shape index (κ1) is 11.0. The van der Waals surface area contributed by atoms with E-state index in [0.717, 1.165) is 0 Å². The summed E-state index contributed by atoms with van der Waals surface area (Å²) in [5.74, 6) is -1.20. The van der Waals surface area contributed by atoms with Crippen LogP contribution in [0.3, 0.4) is 0 Å². The fourth-order valence-electron chi connectivity index (χ4n) is 0.778. The van der Waals surface area contributed by atoms with Crippen molar-refractivity contribution in [3.63, 3.8) is 0 Å². The van der Waals surface area contributed by atoms with Gasteiger partial charge in [0.1, 0.15) is 6.04 Å². The van der Waals surface area contributed by atoms with E-state index in [1.54, 1.807) is 13.8 Å². The van der Waals surface area contributed by atoms with Crippen LogP contribution in [0.15, 0.2) is 0 Å². The highest BCUT2D eigenvalue weighted by Crippen LogP contribution is 1.99. The summed E-state index contributed by atoms with van der Waals surface area (Å²) in [4.78, 5) is 22.1. The third kappa shape index (κ3) is 5.53. The molecule has 0 rings (SSSR count). The number of ether oxygens (including phenoxy) is 2. The summed E-state index contributed by atoms with van der Waals surface area (Å²) in [7, 11) is 0. The molecule has 0 saturated carbocycles. The Balaban J connectivity index is 4.02. The lowest BCUT2D eigenvalue weighted by molar-refractivity contribution is -0.146. The molecule has 2 N–H and O–H groups in total. The number of carbonyl (C=O) groups excluding carboxylic acids is 2. The summed E-state index contributed by atoms with van der Waals surface area (Å²) >= 11 is 0. The van der Waals surface area contributed by atoms with Gasteiger partial charge < -0.3 is 15.2 Å². The normalized spacial score (nSPS) is 15.2. The average molecular weight is 204 g/mol. The van der Waals surface area contributed by atoms with Gasteiger partial charge in [-0.05, 0) is 20.2 Å². The number of carbonyl (C=O) groups is 2. The zero-order valence-electron chi connectivity index (χ0n) is 9.49. The maximum atomic E-state index is 11.1. The predicted octanol–water partition coefficient (Wildman–Crippen LogP) is 0.220. The second-order valence-electron chi connectivity index (χ2n) is 2.52. The van der Waals surface area contributed by atoms with Crippen molar-refractivity contribution in [1.82, 2.24) is 0 Å². The molecule has 0 aromatic heterocycles. The first-order valence-electron chi connectivity index (χ1n) is 5.10. The first-order chi connectivity index (χ1) is 7.02. The van der Waals surface area contributed by atoms with Gasteiger partial charge in [0.25, 0.3) is 0 Å². The van der Waals surface area contributed by atoms with Gasteiger partial charge in [-0.25, -0.2) is 0 Å². The number of nitrogens with two attached hydrogens (primary N) is 1. The van der Waals surface area contributed by atoms with Crippen LogP contribution < -0.4 is 5.73 Å². The summed E-state index contributed by atoms with van der Waals surface area (Å²) in [5, 5.41) is 0. The van der Waals surface area contributed by atoms with E-state index in [9.17, 15) is 9.59 Å². The minimum atomic E-state index is -1.10. The molecule has 0 spiro atoms. The molecule has 2 atom stereocenters. The number of hydrogen-bond donors (Lipinski definition) is 1. The van der Waals surface area contributed by atoms with Crippen molar-refractivity contribution in [1.29, 1.82) is 0 Å². The van der Waals surface area contributed by atoms with Gasteiger partial charge in [0.15, 0.2) is 0 Å². The summed E-state index contributed by atoms with van der Waals surface area (Å²) in [6, 6.07) is -1.10. The highest BCUT2D eigenvalue weighted by Gasteiger charge is 2.16. The van der Waals surface area contributed by atoms with E-state index in [2.05, 4.69) is 9.47 Å². The Kier molecular flexibility index (Phi) is 5.74. The largest absolute Gasteiger partial charge is 0.466 e. The minimum absolute atomic E-state index is 0.201. The number of esters is 2. The molecule has 0 aliphatic rings. The standard InChI is InChI=1S/C9H17NO4/c1-3-13-8(11)6-5-7(10)9(12)14-4-2/h7H,3-6,10H2,1-2H3/i5D. The summed E-state index contributed by atoms with van der Waals surface area (Å²) in [5.41, 5.74) is 5.42. The van der Waals surface area contributed by atoms with Gasteiger partial charge >= 0.3 is 11.9 Å². The number of rotatable bonds is 6. The number of hydrogen-bond acceptors (Lipinski definition) is 5. The van der Waals surface area contributed by atoms with Crippen molar-refractivity contribution in [3.8, 4) is 0 Å². The molecule has 0 aliphatic carbocycles. The van der Waals surface area contributed by atoms with Crippen molar-refractivity contribution in [2.24, 2.45) is 5.73 Å². The quantitative estimate of drug-likeness (QED) is 0.626. The third-order valence-electron chi connectivity index (χ3n) is 1.40. The maximum Gasteiger partial charge on any atom is 0.322 e. The average Bonchev–Trinajstić information content (AvgIpc) is 2.17. The maximum absolute atomic E-state index is 11.1. The van der Waals surface area contributed by atoms with Crippen LogP contribution in [0.1, 0.15) is 28.0 Å². The Bertz CT molecular complexity index is 222. The molecule has 82 valence electrons. The molecule has 5 nitrogen and oxygen atoms in total. The Morgan fingerprint density at radius 3 is 2.43 bits per heavy atom. The second-order valence-corrected chi connectivity index (χ2v) is 2.52. The van der Waals surface area contributed by atoms with Gasteiger partial charge in [-0.1, -0.05) is 0 Å². The zero-order chi connectivity index (χ0) is 11.8. The molecule has 5 heteroatoms. The van der Waals surface area contributed by atoms with Crippen LogP contribution in [0.2, 0.25) is 0 Å². The van der Waals surface area contributed by atoms with Crippen molar-refractivity contribution in [3.05, 3.63) is 0 Å². The Labute approximate surface area is 85.0 Å². The zero-order valence-corrected chi connectivity index (χ0v) is 8.49. The molecule has 0 fully saturated rings. The van der Waals surface area contributed by atoms with E-state index < -0.39 is 24.4 Å².